The quantitative estimate of drug-likeness (QED) is 0.648. The Morgan fingerprint density at radius 2 is 2.12 bits per heavy atom. The van der Waals surface area contributed by atoms with E-state index in [1.54, 1.807) is 12.1 Å². The molecule has 0 saturated heterocycles. The van der Waals surface area contributed by atoms with Crippen LogP contribution in [0.15, 0.2) is 16.6 Å². The fourth-order valence-electron chi connectivity index (χ4n) is 1.71. The Hall–Kier alpha value is -1.10. The van der Waals surface area contributed by atoms with Crippen LogP contribution in [-0.4, -0.2) is 18.9 Å². The molecule has 0 amide bonds. The third-order valence-corrected chi connectivity index (χ3v) is 3.34. The first-order chi connectivity index (χ1) is 8.02. The van der Waals surface area contributed by atoms with Gasteiger partial charge in [0.15, 0.2) is 5.82 Å². The molecule has 1 aromatic carbocycles. The summed E-state index contributed by atoms with van der Waals surface area (Å²) < 4.78 is 14.4. The van der Waals surface area contributed by atoms with Crippen molar-refractivity contribution in [3.8, 4) is 0 Å². The highest BCUT2D eigenvalue weighted by Crippen LogP contribution is 2.29. The minimum Gasteiger partial charge on any atom is -0.384 e. The van der Waals surface area contributed by atoms with Crippen molar-refractivity contribution in [2.75, 3.05) is 18.0 Å². The predicted octanol–water partition coefficient (Wildman–Crippen LogP) is 3.11. The Morgan fingerprint density at radius 3 is 2.59 bits per heavy atom. The molecule has 5 heteroatoms. The first kappa shape index (κ1) is 14.0. The van der Waals surface area contributed by atoms with Gasteiger partial charge in [-0.15, -0.1) is 0 Å². The zero-order chi connectivity index (χ0) is 13.0. The number of amidine groups is 1. The summed E-state index contributed by atoms with van der Waals surface area (Å²) in [6.45, 7) is 5.59. The van der Waals surface area contributed by atoms with Gasteiger partial charge in [-0.3, -0.25) is 5.41 Å². The molecule has 0 heterocycles. The van der Waals surface area contributed by atoms with Crippen molar-refractivity contribution in [3.63, 3.8) is 0 Å². The second kappa shape index (κ2) is 6.00. The van der Waals surface area contributed by atoms with Gasteiger partial charge in [-0.25, -0.2) is 4.39 Å². The Kier molecular flexibility index (Phi) is 4.93. The van der Waals surface area contributed by atoms with E-state index in [9.17, 15) is 4.39 Å². The lowest BCUT2D eigenvalue weighted by molar-refractivity contribution is 0.610. The normalized spacial score (nSPS) is 10.4. The van der Waals surface area contributed by atoms with Crippen molar-refractivity contribution in [1.29, 1.82) is 5.41 Å². The van der Waals surface area contributed by atoms with Crippen LogP contribution in [0.2, 0.25) is 0 Å². The summed E-state index contributed by atoms with van der Waals surface area (Å²) in [6.07, 6.45) is 0.958. The van der Waals surface area contributed by atoms with Crippen LogP contribution in [0.5, 0.6) is 0 Å². The second-order valence-electron chi connectivity index (χ2n) is 3.75. The molecule has 3 nitrogen and oxygen atoms in total. The molecule has 0 fully saturated rings. The van der Waals surface area contributed by atoms with Gasteiger partial charge in [0.1, 0.15) is 5.84 Å². The fraction of sp³-hybridized carbons (Fsp3) is 0.417. The summed E-state index contributed by atoms with van der Waals surface area (Å²) in [5, 5.41) is 7.34. The lowest BCUT2D eigenvalue weighted by atomic mass is 10.1. The molecule has 1 aromatic rings. The molecule has 1 rings (SSSR count). The minimum absolute atomic E-state index is 0.138. The van der Waals surface area contributed by atoms with Crippen LogP contribution in [0.4, 0.5) is 10.1 Å². The zero-order valence-corrected chi connectivity index (χ0v) is 11.6. The van der Waals surface area contributed by atoms with Gasteiger partial charge in [-0.1, -0.05) is 6.92 Å². The molecule has 0 aliphatic heterocycles. The summed E-state index contributed by atoms with van der Waals surface area (Å²) >= 11 is 3.16. The largest absolute Gasteiger partial charge is 0.384 e. The molecular formula is C12H17BrFN3. The molecule has 0 spiro atoms. The van der Waals surface area contributed by atoms with Gasteiger partial charge in [0.25, 0.3) is 0 Å². The summed E-state index contributed by atoms with van der Waals surface area (Å²) in [7, 11) is 0. The highest BCUT2D eigenvalue weighted by atomic mass is 79.9. The first-order valence-corrected chi connectivity index (χ1v) is 6.39. The standard InChI is InChI=1S/C12H17BrFN3/c1-3-7-17(4-2)9-6-5-8(12(15)16)10(13)11(9)14/h5-6H,3-4,7H2,1-2H3,(H3,15,16). The molecule has 17 heavy (non-hydrogen) atoms. The number of anilines is 1. The highest BCUT2D eigenvalue weighted by Gasteiger charge is 2.16. The molecule has 0 saturated carbocycles. The van der Waals surface area contributed by atoms with Gasteiger partial charge < -0.3 is 10.6 Å². The number of hydrogen-bond acceptors (Lipinski definition) is 2. The van der Waals surface area contributed by atoms with Crippen LogP contribution >= 0.6 is 15.9 Å². The maximum absolute atomic E-state index is 14.1. The fourth-order valence-corrected chi connectivity index (χ4v) is 2.26. The number of hydrogen-bond donors (Lipinski definition) is 2. The molecule has 0 aliphatic rings. The molecule has 0 unspecified atom stereocenters. The molecule has 0 atom stereocenters. The Labute approximate surface area is 109 Å². The predicted molar refractivity (Wildman–Crippen MR) is 73.3 cm³/mol. The number of nitrogens with one attached hydrogen (secondary N) is 1. The average Bonchev–Trinajstić information content (AvgIpc) is 2.29. The molecular weight excluding hydrogens is 285 g/mol. The maximum Gasteiger partial charge on any atom is 0.161 e. The van der Waals surface area contributed by atoms with Crippen molar-refractivity contribution < 1.29 is 4.39 Å². The van der Waals surface area contributed by atoms with Gasteiger partial charge in [-0.2, -0.15) is 0 Å². The minimum atomic E-state index is -0.354. The topological polar surface area (TPSA) is 53.1 Å². The van der Waals surface area contributed by atoms with E-state index in [0.717, 1.165) is 19.5 Å². The smallest absolute Gasteiger partial charge is 0.161 e. The molecule has 0 aromatic heterocycles. The van der Waals surface area contributed by atoms with Gasteiger partial charge in [0, 0.05) is 18.7 Å². The van der Waals surface area contributed by atoms with Gasteiger partial charge >= 0.3 is 0 Å². The summed E-state index contributed by atoms with van der Waals surface area (Å²) in [6, 6.07) is 3.35. The van der Waals surface area contributed by atoms with Gasteiger partial charge in [0.2, 0.25) is 0 Å². The van der Waals surface area contributed by atoms with E-state index in [1.807, 2.05) is 11.8 Å². The number of rotatable bonds is 5. The van der Waals surface area contributed by atoms with E-state index in [2.05, 4.69) is 22.9 Å². The summed E-state index contributed by atoms with van der Waals surface area (Å²) in [4.78, 5) is 1.96. The summed E-state index contributed by atoms with van der Waals surface area (Å²) in [5.41, 5.74) is 6.31. The van der Waals surface area contributed by atoms with Crippen molar-refractivity contribution in [2.24, 2.45) is 5.73 Å². The highest BCUT2D eigenvalue weighted by molar-refractivity contribution is 9.10. The summed E-state index contributed by atoms with van der Waals surface area (Å²) in [5.74, 6) is -0.492. The lowest BCUT2D eigenvalue weighted by Crippen LogP contribution is -2.25. The SMILES string of the molecule is CCCN(CC)c1ccc(C(=N)N)c(Br)c1F. The van der Waals surface area contributed by atoms with Crippen molar-refractivity contribution in [2.45, 2.75) is 20.3 Å². The third-order valence-electron chi connectivity index (χ3n) is 2.57. The average molecular weight is 302 g/mol. The van der Waals surface area contributed by atoms with E-state index in [0.29, 0.717) is 11.3 Å². The van der Waals surface area contributed by atoms with Crippen LogP contribution in [0, 0.1) is 11.2 Å². The van der Waals surface area contributed by atoms with Crippen LogP contribution in [-0.2, 0) is 0 Å². The van der Waals surface area contributed by atoms with E-state index in [1.165, 1.54) is 0 Å². The van der Waals surface area contributed by atoms with E-state index in [4.69, 9.17) is 11.1 Å². The van der Waals surface area contributed by atoms with Crippen molar-refractivity contribution in [1.82, 2.24) is 0 Å². The Morgan fingerprint density at radius 1 is 1.47 bits per heavy atom. The van der Waals surface area contributed by atoms with E-state index >= 15 is 0 Å². The second-order valence-corrected chi connectivity index (χ2v) is 4.55. The Bertz CT molecular complexity index is 420. The number of nitrogens with zero attached hydrogens (tertiary/aromatic N) is 1. The van der Waals surface area contributed by atoms with Crippen molar-refractivity contribution in [3.05, 3.63) is 28.0 Å². The first-order valence-electron chi connectivity index (χ1n) is 5.60. The Balaban J connectivity index is 3.19. The van der Waals surface area contributed by atoms with Crippen LogP contribution in [0.3, 0.4) is 0 Å². The lowest BCUT2D eigenvalue weighted by Gasteiger charge is -2.23. The van der Waals surface area contributed by atoms with E-state index < -0.39 is 0 Å². The maximum atomic E-state index is 14.1. The zero-order valence-electron chi connectivity index (χ0n) is 10.1. The van der Waals surface area contributed by atoms with Crippen LogP contribution in [0.25, 0.3) is 0 Å². The molecule has 94 valence electrons. The van der Waals surface area contributed by atoms with E-state index in [-0.39, 0.29) is 16.1 Å². The number of nitrogens with two attached hydrogens (primary N) is 1. The number of nitrogen functional groups attached to an aromatic ring is 1. The van der Waals surface area contributed by atoms with Crippen molar-refractivity contribution >= 4 is 27.5 Å². The third kappa shape index (κ3) is 2.97. The van der Waals surface area contributed by atoms with Gasteiger partial charge in [0.05, 0.1) is 10.2 Å². The van der Waals surface area contributed by atoms with Crippen LogP contribution in [0.1, 0.15) is 25.8 Å². The molecule has 0 aliphatic carbocycles. The molecule has 3 N–H and O–H groups in total. The van der Waals surface area contributed by atoms with Crippen LogP contribution < -0.4 is 10.6 Å². The number of benzene rings is 1. The monoisotopic (exact) mass is 301 g/mol. The molecule has 0 radical (unpaired) electrons. The van der Waals surface area contributed by atoms with Gasteiger partial charge in [-0.05, 0) is 41.4 Å². The molecule has 0 bridgehead atoms. The number of halogens is 2.